The first-order valence-electron chi connectivity index (χ1n) is 9.00. The van der Waals surface area contributed by atoms with Gasteiger partial charge in [-0.15, -0.1) is 10.2 Å². The average Bonchev–Trinajstić information content (AvgIpc) is 3.16. The number of carbonyl (C=O) groups is 1. The average molecular weight is 389 g/mol. The summed E-state index contributed by atoms with van der Waals surface area (Å²) >= 11 is 1.38. The molecule has 0 saturated carbocycles. The fourth-order valence-corrected chi connectivity index (χ4v) is 3.66. The van der Waals surface area contributed by atoms with Crippen LogP contribution in [0.5, 0.6) is 0 Å². The van der Waals surface area contributed by atoms with Crippen molar-refractivity contribution >= 4 is 34.1 Å². The number of thioether (sulfide) groups is 1. The number of amides is 1. The fraction of sp³-hybridized carbons (Fsp3) is 0.136. The van der Waals surface area contributed by atoms with Gasteiger partial charge in [-0.25, -0.2) is 0 Å². The van der Waals surface area contributed by atoms with E-state index < -0.39 is 0 Å². The van der Waals surface area contributed by atoms with E-state index in [0.29, 0.717) is 23.3 Å². The molecular formula is C22H19N3O2S. The van der Waals surface area contributed by atoms with Crippen molar-refractivity contribution in [1.29, 1.82) is 0 Å². The third kappa shape index (κ3) is 4.23. The number of nitrogens with zero attached hydrogens (tertiary/aromatic N) is 2. The molecule has 0 radical (unpaired) electrons. The maximum atomic E-state index is 12.1. The summed E-state index contributed by atoms with van der Waals surface area (Å²) in [5.41, 5.74) is 2.83. The van der Waals surface area contributed by atoms with Crippen LogP contribution in [0.3, 0.4) is 0 Å². The summed E-state index contributed by atoms with van der Waals surface area (Å²) in [5, 5.41) is 13.8. The minimum absolute atomic E-state index is 0.0353. The Morgan fingerprint density at radius 2 is 1.86 bits per heavy atom. The number of aryl methyl sites for hydroxylation is 1. The van der Waals surface area contributed by atoms with E-state index in [1.807, 2.05) is 61.5 Å². The van der Waals surface area contributed by atoms with Crippen LogP contribution in [-0.4, -0.2) is 21.9 Å². The number of nitrogens with one attached hydrogen (secondary N) is 1. The van der Waals surface area contributed by atoms with Crippen LogP contribution in [0.1, 0.15) is 12.0 Å². The van der Waals surface area contributed by atoms with Crippen LogP contribution >= 0.6 is 11.8 Å². The Kier molecular flexibility index (Phi) is 5.39. The second-order valence-electron chi connectivity index (χ2n) is 6.42. The van der Waals surface area contributed by atoms with Gasteiger partial charge < -0.3 is 9.73 Å². The Labute approximate surface area is 167 Å². The highest BCUT2D eigenvalue weighted by molar-refractivity contribution is 7.99. The van der Waals surface area contributed by atoms with Crippen LogP contribution < -0.4 is 5.32 Å². The molecule has 1 heterocycles. The molecule has 0 fully saturated rings. The number of hydrogen-bond acceptors (Lipinski definition) is 5. The van der Waals surface area contributed by atoms with Crippen LogP contribution in [0, 0.1) is 6.92 Å². The van der Waals surface area contributed by atoms with Gasteiger partial charge in [-0.2, -0.15) is 0 Å². The van der Waals surface area contributed by atoms with Gasteiger partial charge in [0.15, 0.2) is 0 Å². The lowest BCUT2D eigenvalue weighted by Gasteiger charge is -2.05. The van der Waals surface area contributed by atoms with Crippen molar-refractivity contribution in [2.75, 3.05) is 11.1 Å². The lowest BCUT2D eigenvalue weighted by atomic mass is 10.0. The highest BCUT2D eigenvalue weighted by Crippen LogP contribution is 2.29. The van der Waals surface area contributed by atoms with E-state index in [1.54, 1.807) is 0 Å². The monoisotopic (exact) mass is 389 g/mol. The summed E-state index contributed by atoms with van der Waals surface area (Å²) in [6.45, 7) is 1.99. The molecule has 0 saturated heterocycles. The Morgan fingerprint density at radius 3 is 2.75 bits per heavy atom. The Hall–Kier alpha value is -3.12. The molecule has 0 aliphatic carbocycles. The van der Waals surface area contributed by atoms with Crippen molar-refractivity contribution in [2.45, 2.75) is 18.6 Å². The zero-order valence-electron chi connectivity index (χ0n) is 15.4. The minimum atomic E-state index is -0.0353. The van der Waals surface area contributed by atoms with Gasteiger partial charge >= 0.3 is 0 Å². The van der Waals surface area contributed by atoms with Crippen LogP contribution in [0.15, 0.2) is 76.4 Å². The first-order valence-corrected chi connectivity index (χ1v) is 9.98. The SMILES string of the molecule is Cc1cccc(NC(=O)CCSc2nnc(-c3cccc4ccccc34)o2)c1. The zero-order valence-corrected chi connectivity index (χ0v) is 16.2. The highest BCUT2D eigenvalue weighted by atomic mass is 32.2. The molecule has 0 atom stereocenters. The summed E-state index contributed by atoms with van der Waals surface area (Å²) in [6, 6.07) is 21.8. The standard InChI is InChI=1S/C22H19N3O2S/c1-15-6-4-9-17(14-15)23-20(26)12-13-28-22-25-24-21(27-22)19-11-5-8-16-7-2-3-10-18(16)19/h2-11,14H,12-13H2,1H3,(H,23,26). The smallest absolute Gasteiger partial charge is 0.276 e. The molecule has 140 valence electrons. The van der Waals surface area contributed by atoms with E-state index >= 15 is 0 Å². The third-order valence-corrected chi connectivity index (χ3v) is 5.10. The second-order valence-corrected chi connectivity index (χ2v) is 7.46. The molecule has 6 heteroatoms. The molecule has 3 aromatic carbocycles. The first kappa shape index (κ1) is 18.3. The number of fused-ring (bicyclic) bond motifs is 1. The van der Waals surface area contributed by atoms with Gasteiger partial charge in [-0.05, 0) is 41.5 Å². The van der Waals surface area contributed by atoms with Crippen molar-refractivity contribution in [1.82, 2.24) is 10.2 Å². The fourth-order valence-electron chi connectivity index (χ4n) is 2.97. The third-order valence-electron chi connectivity index (χ3n) is 4.28. The summed E-state index contributed by atoms with van der Waals surface area (Å²) in [6.07, 6.45) is 0.366. The zero-order chi connectivity index (χ0) is 19.3. The van der Waals surface area contributed by atoms with E-state index in [0.717, 1.165) is 27.6 Å². The number of benzene rings is 3. The molecule has 1 N–H and O–H groups in total. The van der Waals surface area contributed by atoms with E-state index in [2.05, 4.69) is 27.6 Å². The molecule has 28 heavy (non-hydrogen) atoms. The van der Waals surface area contributed by atoms with Crippen molar-refractivity contribution in [3.05, 3.63) is 72.3 Å². The van der Waals surface area contributed by atoms with Crippen LogP contribution in [0.2, 0.25) is 0 Å². The molecule has 0 bridgehead atoms. The minimum Gasteiger partial charge on any atom is -0.411 e. The van der Waals surface area contributed by atoms with E-state index in [4.69, 9.17) is 4.42 Å². The highest BCUT2D eigenvalue weighted by Gasteiger charge is 2.12. The lowest BCUT2D eigenvalue weighted by Crippen LogP contribution is -2.12. The van der Waals surface area contributed by atoms with Crippen molar-refractivity contribution < 1.29 is 9.21 Å². The van der Waals surface area contributed by atoms with Gasteiger partial charge in [0.05, 0.1) is 0 Å². The predicted octanol–water partition coefficient (Wildman–Crippen LogP) is 5.32. The van der Waals surface area contributed by atoms with E-state index in [-0.39, 0.29) is 5.91 Å². The van der Waals surface area contributed by atoms with Crippen molar-refractivity contribution in [3.8, 4) is 11.5 Å². The Balaban J connectivity index is 1.37. The quantitative estimate of drug-likeness (QED) is 0.452. The topological polar surface area (TPSA) is 68.0 Å². The van der Waals surface area contributed by atoms with Gasteiger partial charge in [-0.1, -0.05) is 60.3 Å². The molecule has 0 aliphatic heterocycles. The van der Waals surface area contributed by atoms with Crippen LogP contribution in [0.4, 0.5) is 5.69 Å². The van der Waals surface area contributed by atoms with E-state index in [9.17, 15) is 4.79 Å². The van der Waals surface area contributed by atoms with Gasteiger partial charge in [0.1, 0.15) is 0 Å². The number of hydrogen-bond donors (Lipinski definition) is 1. The maximum Gasteiger partial charge on any atom is 0.276 e. The van der Waals surface area contributed by atoms with Crippen molar-refractivity contribution in [3.63, 3.8) is 0 Å². The molecule has 0 unspecified atom stereocenters. The van der Waals surface area contributed by atoms with E-state index in [1.165, 1.54) is 11.8 Å². The molecule has 4 rings (SSSR count). The number of rotatable bonds is 6. The Bertz CT molecular complexity index is 1120. The number of carbonyl (C=O) groups excluding carboxylic acids is 1. The molecule has 5 nitrogen and oxygen atoms in total. The number of aromatic nitrogens is 2. The van der Waals surface area contributed by atoms with Crippen LogP contribution in [-0.2, 0) is 4.79 Å². The predicted molar refractivity (Wildman–Crippen MR) is 112 cm³/mol. The van der Waals surface area contributed by atoms with Gasteiger partial charge in [0.2, 0.25) is 11.8 Å². The summed E-state index contributed by atoms with van der Waals surface area (Å²) < 4.78 is 5.80. The summed E-state index contributed by atoms with van der Waals surface area (Å²) in [5.74, 6) is 1.02. The van der Waals surface area contributed by atoms with Crippen molar-refractivity contribution in [2.24, 2.45) is 0 Å². The van der Waals surface area contributed by atoms with Crippen LogP contribution in [0.25, 0.3) is 22.2 Å². The second kappa shape index (κ2) is 8.27. The molecule has 1 amide bonds. The van der Waals surface area contributed by atoms with Gasteiger partial charge in [-0.3, -0.25) is 4.79 Å². The molecule has 4 aromatic rings. The number of anilines is 1. The van der Waals surface area contributed by atoms with Gasteiger partial charge in [0, 0.05) is 23.4 Å². The summed E-state index contributed by atoms with van der Waals surface area (Å²) in [4.78, 5) is 12.1. The van der Waals surface area contributed by atoms with Gasteiger partial charge in [0.25, 0.3) is 5.22 Å². The maximum absolute atomic E-state index is 12.1. The molecular weight excluding hydrogens is 370 g/mol. The largest absolute Gasteiger partial charge is 0.411 e. The summed E-state index contributed by atoms with van der Waals surface area (Å²) in [7, 11) is 0. The Morgan fingerprint density at radius 1 is 1.04 bits per heavy atom. The normalized spacial score (nSPS) is 10.9. The molecule has 1 aromatic heterocycles. The lowest BCUT2D eigenvalue weighted by molar-refractivity contribution is -0.115. The molecule has 0 spiro atoms. The first-order chi connectivity index (χ1) is 13.7. The molecule has 0 aliphatic rings.